The van der Waals surface area contributed by atoms with E-state index in [1.807, 2.05) is 0 Å². The van der Waals surface area contributed by atoms with Crippen LogP contribution in [0.2, 0.25) is 5.02 Å². The van der Waals surface area contributed by atoms with Crippen LogP contribution in [0.1, 0.15) is 21.0 Å². The van der Waals surface area contributed by atoms with Crippen molar-refractivity contribution in [3.05, 3.63) is 58.9 Å². The first-order chi connectivity index (χ1) is 13.1. The Hall–Kier alpha value is -2.48. The van der Waals surface area contributed by atoms with Gasteiger partial charge in [-0.25, -0.2) is 4.98 Å². The highest BCUT2D eigenvalue weighted by Crippen LogP contribution is 2.20. The van der Waals surface area contributed by atoms with Gasteiger partial charge in [0.05, 0.1) is 23.9 Å². The van der Waals surface area contributed by atoms with Crippen molar-refractivity contribution in [2.45, 2.75) is 0 Å². The molecule has 1 saturated heterocycles. The van der Waals surface area contributed by atoms with Crippen molar-refractivity contribution in [2.75, 3.05) is 44.7 Å². The second-order valence-corrected chi connectivity index (χ2v) is 6.46. The number of rotatable bonds is 6. The second kappa shape index (κ2) is 9.45. The van der Waals surface area contributed by atoms with Gasteiger partial charge in [0.1, 0.15) is 11.4 Å². The van der Waals surface area contributed by atoms with Crippen molar-refractivity contribution in [1.29, 1.82) is 0 Å². The minimum absolute atomic E-state index is 0.149. The molecule has 1 aromatic carbocycles. The number of aromatic nitrogens is 1. The number of amides is 2. The van der Waals surface area contributed by atoms with Gasteiger partial charge >= 0.3 is 0 Å². The van der Waals surface area contributed by atoms with Crippen LogP contribution in [0.5, 0.6) is 0 Å². The van der Waals surface area contributed by atoms with E-state index in [0.29, 0.717) is 17.3 Å². The maximum atomic E-state index is 12.4. The van der Waals surface area contributed by atoms with Crippen molar-refractivity contribution in [3.8, 4) is 0 Å². The van der Waals surface area contributed by atoms with Gasteiger partial charge in [0.25, 0.3) is 11.8 Å². The maximum absolute atomic E-state index is 12.4. The highest BCUT2D eigenvalue weighted by molar-refractivity contribution is 6.33. The molecule has 2 amide bonds. The van der Waals surface area contributed by atoms with Crippen LogP contribution < -0.4 is 10.6 Å². The molecule has 1 aromatic heterocycles. The zero-order valence-corrected chi connectivity index (χ0v) is 15.5. The SMILES string of the molecule is O=C(NCCN1CCOCC1)c1cccc(C(=O)Nc2ccccc2Cl)n1. The largest absolute Gasteiger partial charge is 0.379 e. The number of nitrogens with zero attached hydrogens (tertiary/aromatic N) is 2. The highest BCUT2D eigenvalue weighted by atomic mass is 35.5. The van der Waals surface area contributed by atoms with E-state index >= 15 is 0 Å². The number of para-hydroxylation sites is 1. The van der Waals surface area contributed by atoms with Crippen molar-refractivity contribution in [2.24, 2.45) is 0 Å². The standard InChI is InChI=1S/C19H21ClN4O3/c20-14-4-1-2-5-15(14)23-19(26)17-7-3-6-16(22-17)18(25)21-8-9-24-10-12-27-13-11-24/h1-7H,8-13H2,(H,21,25)(H,23,26). The summed E-state index contributed by atoms with van der Waals surface area (Å²) in [6, 6.07) is 11.7. The third-order valence-corrected chi connectivity index (χ3v) is 4.48. The van der Waals surface area contributed by atoms with Gasteiger partial charge in [0.15, 0.2) is 0 Å². The number of halogens is 1. The number of anilines is 1. The van der Waals surface area contributed by atoms with Gasteiger partial charge in [-0.2, -0.15) is 0 Å². The molecule has 8 heteroatoms. The molecule has 0 atom stereocenters. The van der Waals surface area contributed by atoms with E-state index in [4.69, 9.17) is 16.3 Å². The van der Waals surface area contributed by atoms with Crippen molar-refractivity contribution in [3.63, 3.8) is 0 Å². The molecule has 2 aromatic rings. The molecule has 0 unspecified atom stereocenters. The topological polar surface area (TPSA) is 83.6 Å². The molecular weight excluding hydrogens is 368 g/mol. The molecule has 27 heavy (non-hydrogen) atoms. The van der Waals surface area contributed by atoms with Crippen LogP contribution in [0.4, 0.5) is 5.69 Å². The number of carbonyl (C=O) groups excluding carboxylic acids is 2. The Balaban J connectivity index is 1.56. The second-order valence-electron chi connectivity index (χ2n) is 6.05. The molecule has 0 saturated carbocycles. The smallest absolute Gasteiger partial charge is 0.274 e. The predicted octanol–water partition coefficient (Wildman–Crippen LogP) is 2.05. The average Bonchev–Trinajstić information content (AvgIpc) is 2.70. The molecule has 7 nitrogen and oxygen atoms in total. The Labute approximate surface area is 162 Å². The van der Waals surface area contributed by atoms with E-state index in [1.54, 1.807) is 42.5 Å². The lowest BCUT2D eigenvalue weighted by atomic mass is 10.2. The summed E-state index contributed by atoms with van der Waals surface area (Å²) in [5.41, 5.74) is 0.839. The van der Waals surface area contributed by atoms with E-state index in [0.717, 1.165) is 32.8 Å². The normalized spacial score (nSPS) is 14.6. The first-order valence-electron chi connectivity index (χ1n) is 8.75. The van der Waals surface area contributed by atoms with E-state index in [9.17, 15) is 9.59 Å². The van der Waals surface area contributed by atoms with Crippen molar-refractivity contribution >= 4 is 29.1 Å². The molecule has 3 rings (SSSR count). The van der Waals surface area contributed by atoms with Gasteiger partial charge in [-0.15, -0.1) is 0 Å². The Bertz CT molecular complexity index is 809. The number of carbonyl (C=O) groups is 2. The summed E-state index contributed by atoms with van der Waals surface area (Å²) in [6.07, 6.45) is 0. The summed E-state index contributed by atoms with van der Waals surface area (Å²) in [4.78, 5) is 31.1. The number of nitrogens with one attached hydrogen (secondary N) is 2. The van der Waals surface area contributed by atoms with Gasteiger partial charge in [-0.3, -0.25) is 14.5 Å². The Morgan fingerprint density at radius 3 is 2.48 bits per heavy atom. The van der Waals surface area contributed by atoms with Crippen molar-refractivity contribution < 1.29 is 14.3 Å². The van der Waals surface area contributed by atoms with E-state index in [-0.39, 0.29) is 17.3 Å². The maximum Gasteiger partial charge on any atom is 0.274 e. The molecule has 0 radical (unpaired) electrons. The van der Waals surface area contributed by atoms with Crippen molar-refractivity contribution in [1.82, 2.24) is 15.2 Å². The van der Waals surface area contributed by atoms with Crippen LogP contribution in [0.25, 0.3) is 0 Å². The average molecular weight is 389 g/mol. The number of ether oxygens (including phenoxy) is 1. The molecular formula is C19H21ClN4O3. The lowest BCUT2D eigenvalue weighted by Gasteiger charge is -2.26. The number of benzene rings is 1. The number of hydrogen-bond acceptors (Lipinski definition) is 5. The molecule has 142 valence electrons. The van der Waals surface area contributed by atoms with E-state index in [1.165, 1.54) is 0 Å². The molecule has 1 fully saturated rings. The van der Waals surface area contributed by atoms with E-state index in [2.05, 4.69) is 20.5 Å². The van der Waals surface area contributed by atoms with Crippen LogP contribution in [0, 0.1) is 0 Å². The minimum atomic E-state index is -0.425. The number of hydrogen-bond donors (Lipinski definition) is 2. The Morgan fingerprint density at radius 2 is 1.74 bits per heavy atom. The predicted molar refractivity (Wildman–Crippen MR) is 103 cm³/mol. The zero-order valence-electron chi connectivity index (χ0n) is 14.8. The summed E-state index contributed by atoms with van der Waals surface area (Å²) < 4.78 is 5.30. The summed E-state index contributed by atoms with van der Waals surface area (Å²) >= 11 is 6.05. The Morgan fingerprint density at radius 1 is 1.04 bits per heavy atom. The molecule has 0 aliphatic carbocycles. The Kier molecular flexibility index (Phi) is 6.75. The van der Waals surface area contributed by atoms with Crippen LogP contribution in [-0.2, 0) is 4.74 Å². The first kappa shape index (κ1) is 19.3. The fourth-order valence-electron chi connectivity index (χ4n) is 2.68. The summed E-state index contributed by atoms with van der Waals surface area (Å²) in [6.45, 7) is 4.44. The van der Waals surface area contributed by atoms with E-state index < -0.39 is 5.91 Å². The molecule has 1 aliphatic heterocycles. The van der Waals surface area contributed by atoms with Crippen LogP contribution in [0.3, 0.4) is 0 Å². The quantitative estimate of drug-likeness (QED) is 0.791. The number of pyridine rings is 1. The lowest BCUT2D eigenvalue weighted by molar-refractivity contribution is 0.0383. The summed E-state index contributed by atoms with van der Waals surface area (Å²) in [5.74, 6) is -0.735. The third kappa shape index (κ3) is 5.50. The molecule has 1 aliphatic rings. The summed E-state index contributed by atoms with van der Waals surface area (Å²) in [7, 11) is 0. The molecule has 2 heterocycles. The van der Waals surface area contributed by atoms with Gasteiger partial charge in [0, 0.05) is 26.2 Å². The molecule has 0 bridgehead atoms. The van der Waals surface area contributed by atoms with Gasteiger partial charge in [-0.1, -0.05) is 29.8 Å². The van der Waals surface area contributed by atoms with Crippen LogP contribution in [0.15, 0.2) is 42.5 Å². The molecule has 0 spiro atoms. The van der Waals surface area contributed by atoms with Gasteiger partial charge in [0.2, 0.25) is 0 Å². The fourth-order valence-corrected chi connectivity index (χ4v) is 2.86. The third-order valence-electron chi connectivity index (χ3n) is 4.15. The minimum Gasteiger partial charge on any atom is -0.379 e. The van der Waals surface area contributed by atoms with Crippen LogP contribution >= 0.6 is 11.6 Å². The van der Waals surface area contributed by atoms with Crippen LogP contribution in [-0.4, -0.2) is 61.1 Å². The molecule has 2 N–H and O–H groups in total. The van der Waals surface area contributed by atoms with Gasteiger partial charge < -0.3 is 15.4 Å². The monoisotopic (exact) mass is 388 g/mol. The van der Waals surface area contributed by atoms with Gasteiger partial charge in [-0.05, 0) is 24.3 Å². The lowest BCUT2D eigenvalue weighted by Crippen LogP contribution is -2.41. The highest BCUT2D eigenvalue weighted by Gasteiger charge is 2.14. The summed E-state index contributed by atoms with van der Waals surface area (Å²) in [5, 5.41) is 5.96. The fraction of sp³-hybridized carbons (Fsp3) is 0.316. The first-order valence-corrected chi connectivity index (χ1v) is 9.12. The number of morpholine rings is 1. The zero-order chi connectivity index (χ0) is 19.1.